The van der Waals surface area contributed by atoms with Crippen LogP contribution < -0.4 is 0 Å². The van der Waals surface area contributed by atoms with Crippen LogP contribution in [0.25, 0.3) is 0 Å². The minimum Gasteiger partial charge on any atom is -0.116 e. The van der Waals surface area contributed by atoms with E-state index in [0.717, 1.165) is 6.42 Å². The monoisotopic (exact) mass is 178 g/mol. The van der Waals surface area contributed by atoms with Crippen molar-refractivity contribution < 1.29 is 0 Å². The quantitative estimate of drug-likeness (QED) is 0.427. The van der Waals surface area contributed by atoms with Crippen molar-refractivity contribution in [1.82, 2.24) is 0 Å². The second-order valence-electron chi connectivity index (χ2n) is 2.94. The maximum absolute atomic E-state index is 6.09. The Bertz CT molecular complexity index is 180. The zero-order chi connectivity index (χ0) is 7.94. The fraction of sp³-hybridized carbons (Fsp3) is 0.750. The minimum absolute atomic E-state index is 0.0548. The highest BCUT2D eigenvalue weighted by Crippen LogP contribution is 2.48. The van der Waals surface area contributed by atoms with E-state index in [-0.39, 0.29) is 10.3 Å². The number of hydrogen-bond acceptors (Lipinski definition) is 0. The first-order chi connectivity index (χ1) is 4.51. The predicted octanol–water partition coefficient (Wildman–Crippen LogP) is 3.33. The van der Waals surface area contributed by atoms with Crippen molar-refractivity contribution in [2.75, 3.05) is 0 Å². The molecule has 0 nitrogen and oxygen atoms in total. The maximum Gasteiger partial charge on any atom is 0.0828 e. The molecule has 0 aliphatic heterocycles. The molecule has 0 saturated carbocycles. The van der Waals surface area contributed by atoms with Gasteiger partial charge in [0.25, 0.3) is 0 Å². The fourth-order valence-corrected chi connectivity index (χ4v) is 2.12. The lowest BCUT2D eigenvalue weighted by Crippen LogP contribution is -2.42. The van der Waals surface area contributed by atoms with E-state index in [9.17, 15) is 0 Å². The number of hydrogen-bond donors (Lipinski definition) is 0. The topological polar surface area (TPSA) is 0 Å². The number of rotatable bonds is 1. The molecule has 1 aliphatic carbocycles. The zero-order valence-corrected chi connectivity index (χ0v) is 8.05. The van der Waals surface area contributed by atoms with E-state index in [1.807, 2.05) is 6.92 Å². The van der Waals surface area contributed by atoms with Gasteiger partial charge in [0.1, 0.15) is 0 Å². The molecule has 0 saturated heterocycles. The molecule has 1 rings (SSSR count). The average molecular weight is 179 g/mol. The van der Waals surface area contributed by atoms with E-state index in [0.29, 0.717) is 0 Å². The van der Waals surface area contributed by atoms with Gasteiger partial charge in [0.15, 0.2) is 0 Å². The van der Waals surface area contributed by atoms with Crippen molar-refractivity contribution in [2.24, 2.45) is 0 Å². The molecular weight excluding hydrogens is 167 g/mol. The van der Waals surface area contributed by atoms with Gasteiger partial charge in [-0.2, -0.15) is 0 Å². The summed E-state index contributed by atoms with van der Waals surface area (Å²) in [5.74, 6) is 0. The van der Waals surface area contributed by atoms with E-state index in [4.69, 9.17) is 23.2 Å². The molecule has 0 spiro atoms. The van der Waals surface area contributed by atoms with Crippen molar-refractivity contribution >= 4 is 23.2 Å². The summed E-state index contributed by atoms with van der Waals surface area (Å²) < 4.78 is 0. The zero-order valence-electron chi connectivity index (χ0n) is 6.54. The van der Waals surface area contributed by atoms with Crippen LogP contribution >= 0.6 is 23.2 Å². The summed E-state index contributed by atoms with van der Waals surface area (Å²) in [7, 11) is 0. The molecule has 1 aliphatic rings. The summed E-state index contributed by atoms with van der Waals surface area (Å²) >= 11 is 12.1. The Morgan fingerprint density at radius 1 is 1.60 bits per heavy atom. The highest BCUT2D eigenvalue weighted by molar-refractivity contribution is 6.37. The van der Waals surface area contributed by atoms with Crippen LogP contribution in [-0.2, 0) is 0 Å². The molecule has 0 N–H and O–H groups in total. The molecule has 0 fully saturated rings. The molecule has 2 unspecified atom stereocenters. The van der Waals surface area contributed by atoms with Crippen LogP contribution in [0.5, 0.6) is 0 Å². The Kier molecular flexibility index (Phi) is 2.04. The third kappa shape index (κ3) is 0.895. The van der Waals surface area contributed by atoms with Gasteiger partial charge in [-0.25, -0.2) is 0 Å². The van der Waals surface area contributed by atoms with Crippen molar-refractivity contribution in [3.8, 4) is 0 Å². The van der Waals surface area contributed by atoms with Gasteiger partial charge in [0.2, 0.25) is 0 Å². The van der Waals surface area contributed by atoms with E-state index in [1.165, 1.54) is 11.1 Å². The van der Waals surface area contributed by atoms with Crippen molar-refractivity contribution in [2.45, 2.75) is 37.4 Å². The van der Waals surface area contributed by atoms with Gasteiger partial charge in [-0.1, -0.05) is 12.5 Å². The third-order valence-corrected chi connectivity index (χ3v) is 3.69. The van der Waals surface area contributed by atoms with Crippen LogP contribution in [0.15, 0.2) is 11.1 Å². The summed E-state index contributed by atoms with van der Waals surface area (Å²) in [6.07, 6.45) is 1.03. The van der Waals surface area contributed by atoms with Gasteiger partial charge in [0, 0.05) is 0 Å². The SMILES string of the molecule is CCC1=C(C)C(C)(Cl)C1Cl. The first-order valence-corrected chi connectivity index (χ1v) is 4.36. The normalized spacial score (nSPS) is 39.9. The lowest BCUT2D eigenvalue weighted by Gasteiger charge is -2.42. The summed E-state index contributed by atoms with van der Waals surface area (Å²) in [6.45, 7) is 6.14. The van der Waals surface area contributed by atoms with Gasteiger partial charge in [-0.05, 0) is 25.8 Å². The van der Waals surface area contributed by atoms with Gasteiger partial charge < -0.3 is 0 Å². The molecule has 58 valence electrons. The van der Waals surface area contributed by atoms with Crippen LogP contribution in [0.2, 0.25) is 0 Å². The molecule has 0 aromatic carbocycles. The van der Waals surface area contributed by atoms with Gasteiger partial charge in [-0.15, -0.1) is 23.2 Å². The largest absolute Gasteiger partial charge is 0.116 e. The van der Waals surface area contributed by atoms with Gasteiger partial charge in [0.05, 0.1) is 10.3 Å². The van der Waals surface area contributed by atoms with Crippen LogP contribution in [-0.4, -0.2) is 10.3 Å². The van der Waals surface area contributed by atoms with E-state index >= 15 is 0 Å². The summed E-state index contributed by atoms with van der Waals surface area (Å²) in [4.78, 5) is -0.271. The van der Waals surface area contributed by atoms with Gasteiger partial charge in [-0.3, -0.25) is 0 Å². The molecule has 0 amide bonds. The first kappa shape index (κ1) is 8.42. The smallest absolute Gasteiger partial charge is 0.0828 e. The summed E-state index contributed by atoms with van der Waals surface area (Å²) in [5, 5.41) is 0.0548. The Labute approximate surface area is 72.2 Å². The fourth-order valence-electron chi connectivity index (χ4n) is 1.39. The molecule has 2 atom stereocenters. The van der Waals surface area contributed by atoms with Crippen LogP contribution in [0, 0.1) is 0 Å². The number of allylic oxidation sites excluding steroid dienone is 2. The summed E-state index contributed by atoms with van der Waals surface area (Å²) in [6, 6.07) is 0. The number of alkyl halides is 2. The molecule has 2 heteroatoms. The molecule has 0 aromatic heterocycles. The van der Waals surface area contributed by atoms with E-state index in [2.05, 4.69) is 13.8 Å². The maximum atomic E-state index is 6.09. The molecule has 10 heavy (non-hydrogen) atoms. The molecule has 0 radical (unpaired) electrons. The second kappa shape index (κ2) is 2.42. The van der Waals surface area contributed by atoms with Crippen LogP contribution in [0.4, 0.5) is 0 Å². The molecule has 0 bridgehead atoms. The number of halogens is 2. The minimum atomic E-state index is -0.271. The van der Waals surface area contributed by atoms with E-state index < -0.39 is 0 Å². The Morgan fingerprint density at radius 3 is 2.30 bits per heavy atom. The van der Waals surface area contributed by atoms with Gasteiger partial charge >= 0.3 is 0 Å². The van der Waals surface area contributed by atoms with Crippen molar-refractivity contribution in [1.29, 1.82) is 0 Å². The van der Waals surface area contributed by atoms with Crippen LogP contribution in [0.3, 0.4) is 0 Å². The van der Waals surface area contributed by atoms with Crippen molar-refractivity contribution in [3.05, 3.63) is 11.1 Å². The van der Waals surface area contributed by atoms with E-state index in [1.54, 1.807) is 0 Å². The molecular formula is C8H12Cl2. The summed E-state index contributed by atoms with van der Waals surface area (Å²) in [5.41, 5.74) is 2.58. The average Bonchev–Trinajstić information content (AvgIpc) is 1.89. The van der Waals surface area contributed by atoms with Crippen molar-refractivity contribution in [3.63, 3.8) is 0 Å². The Hall–Kier alpha value is 0.320. The third-order valence-electron chi connectivity index (χ3n) is 2.38. The first-order valence-electron chi connectivity index (χ1n) is 3.55. The Balaban J connectivity index is 2.88. The Morgan fingerprint density at radius 2 is 2.10 bits per heavy atom. The van der Waals surface area contributed by atoms with Crippen LogP contribution in [0.1, 0.15) is 27.2 Å². The highest BCUT2D eigenvalue weighted by atomic mass is 35.5. The molecule has 0 aromatic rings. The highest BCUT2D eigenvalue weighted by Gasteiger charge is 2.44. The predicted molar refractivity (Wildman–Crippen MR) is 46.9 cm³/mol. The lowest BCUT2D eigenvalue weighted by atomic mass is 9.77. The standard InChI is InChI=1S/C8H12Cl2/c1-4-6-5(2)8(3,10)7(6)9/h7H,4H2,1-3H3. The second-order valence-corrected chi connectivity index (χ2v) is 4.16. The lowest BCUT2D eigenvalue weighted by molar-refractivity contribution is 0.612. The molecule has 0 heterocycles.